The Labute approximate surface area is 133 Å². The van der Waals surface area contributed by atoms with Crippen LogP contribution in [0.5, 0.6) is 6.08 Å². The smallest absolute Gasteiger partial charge is 0.394 e. The fraction of sp³-hybridized carbons (Fsp3) is 0.333. The molecule has 0 unspecified atom stereocenters. The number of fused-ring (bicyclic) bond motifs is 2. The first-order valence-corrected chi connectivity index (χ1v) is 7.91. The van der Waals surface area contributed by atoms with E-state index in [0.717, 1.165) is 30.5 Å². The summed E-state index contributed by atoms with van der Waals surface area (Å²) in [4.78, 5) is 16.7. The average molecular weight is 310 g/mol. The molecule has 0 saturated heterocycles. The maximum absolute atomic E-state index is 12.5. The van der Waals surface area contributed by atoms with Crippen LogP contribution in [-0.2, 0) is 26.5 Å². The Hall–Kier alpha value is -2.56. The van der Waals surface area contributed by atoms with Crippen molar-refractivity contribution >= 4 is 11.1 Å². The lowest BCUT2D eigenvalue weighted by Gasteiger charge is -2.20. The fourth-order valence-electron chi connectivity index (χ4n) is 3.22. The fourth-order valence-corrected chi connectivity index (χ4v) is 3.22. The molecule has 0 fully saturated rings. The number of para-hydroxylation sites is 2. The minimum atomic E-state index is 0.00163. The minimum absolute atomic E-state index is 0.00163. The largest absolute Gasteiger partial charge is 0.445 e. The maximum atomic E-state index is 12.5. The molecule has 1 aliphatic rings. The van der Waals surface area contributed by atoms with E-state index in [1.165, 1.54) is 12.0 Å². The Morgan fingerprint density at radius 1 is 1.26 bits per heavy atom. The van der Waals surface area contributed by atoms with Crippen molar-refractivity contribution in [2.45, 2.75) is 32.3 Å². The van der Waals surface area contributed by atoms with E-state index >= 15 is 0 Å². The van der Waals surface area contributed by atoms with Crippen molar-refractivity contribution in [2.75, 3.05) is 0 Å². The van der Waals surface area contributed by atoms with Crippen molar-refractivity contribution in [1.82, 2.24) is 9.55 Å². The highest BCUT2D eigenvalue weighted by Gasteiger charge is 2.16. The Morgan fingerprint density at radius 2 is 2.09 bits per heavy atom. The zero-order valence-electron chi connectivity index (χ0n) is 13.0. The summed E-state index contributed by atoms with van der Waals surface area (Å²) in [5.41, 5.74) is 4.50. The number of oxazole rings is 1. The van der Waals surface area contributed by atoms with E-state index < -0.39 is 0 Å². The minimum Gasteiger partial charge on any atom is -0.445 e. The van der Waals surface area contributed by atoms with E-state index in [2.05, 4.69) is 4.98 Å². The summed E-state index contributed by atoms with van der Waals surface area (Å²) in [5.74, 6) is 0. The third-order valence-corrected chi connectivity index (χ3v) is 4.44. The number of nitrogens with zero attached hydrogens (tertiary/aromatic N) is 2. The lowest BCUT2D eigenvalue weighted by molar-refractivity contribution is 0.224. The zero-order valence-corrected chi connectivity index (χ0v) is 13.0. The normalized spacial score (nSPS) is 14.0. The van der Waals surface area contributed by atoms with Crippen LogP contribution in [0.3, 0.4) is 0 Å². The van der Waals surface area contributed by atoms with Crippen molar-refractivity contribution in [3.63, 3.8) is 0 Å². The highest BCUT2D eigenvalue weighted by Crippen LogP contribution is 2.22. The maximum Gasteiger partial charge on any atom is 0.394 e. The molecule has 1 aromatic carbocycles. The Balaban J connectivity index is 1.61. The monoisotopic (exact) mass is 310 g/mol. The number of hydrogen-bond donors (Lipinski definition) is 0. The molecule has 0 saturated carbocycles. The van der Waals surface area contributed by atoms with E-state index in [1.807, 2.05) is 37.4 Å². The predicted octanol–water partition coefficient (Wildman–Crippen LogP) is 2.98. The number of hydrogen-bond acceptors (Lipinski definition) is 4. The summed E-state index contributed by atoms with van der Waals surface area (Å²) < 4.78 is 12.9. The second-order valence-electron chi connectivity index (χ2n) is 5.95. The molecule has 0 spiro atoms. The van der Waals surface area contributed by atoms with E-state index in [1.54, 1.807) is 4.57 Å². The number of benzene rings is 1. The molecule has 0 atom stereocenters. The molecule has 4 rings (SSSR count). The van der Waals surface area contributed by atoms with Crippen LogP contribution in [-0.4, -0.2) is 9.55 Å². The van der Waals surface area contributed by atoms with Gasteiger partial charge in [0.1, 0.15) is 12.1 Å². The van der Waals surface area contributed by atoms with Gasteiger partial charge in [0.05, 0.1) is 5.56 Å². The number of ether oxygens (including phenoxy) is 1. The van der Waals surface area contributed by atoms with Crippen LogP contribution in [0.2, 0.25) is 0 Å². The van der Waals surface area contributed by atoms with Gasteiger partial charge in [-0.2, -0.15) is 4.98 Å². The molecule has 1 aliphatic carbocycles. The first kappa shape index (κ1) is 14.1. The van der Waals surface area contributed by atoms with Crippen LogP contribution >= 0.6 is 0 Å². The number of pyridine rings is 1. The molecule has 118 valence electrons. The van der Waals surface area contributed by atoms with Crippen molar-refractivity contribution in [3.8, 4) is 6.08 Å². The Bertz CT molecular complexity index is 891. The highest BCUT2D eigenvalue weighted by molar-refractivity contribution is 5.72. The van der Waals surface area contributed by atoms with Crippen LogP contribution in [0, 0.1) is 0 Å². The second kappa shape index (κ2) is 5.57. The van der Waals surface area contributed by atoms with E-state index in [4.69, 9.17) is 9.15 Å². The summed E-state index contributed by atoms with van der Waals surface area (Å²) in [7, 11) is 1.84. The van der Waals surface area contributed by atoms with Crippen molar-refractivity contribution in [3.05, 3.63) is 57.5 Å². The summed E-state index contributed by atoms with van der Waals surface area (Å²) in [5, 5.41) is 0. The number of aryl methyl sites for hydroxylation is 1. The summed E-state index contributed by atoms with van der Waals surface area (Å²) in [6.07, 6.45) is 4.54. The highest BCUT2D eigenvalue weighted by atomic mass is 16.6. The van der Waals surface area contributed by atoms with Crippen molar-refractivity contribution in [2.24, 2.45) is 7.05 Å². The van der Waals surface area contributed by atoms with Crippen LogP contribution in [0.4, 0.5) is 0 Å². The number of aromatic nitrogens is 2. The topological polar surface area (TPSA) is 57.3 Å². The van der Waals surface area contributed by atoms with Gasteiger partial charge in [0.2, 0.25) is 0 Å². The van der Waals surface area contributed by atoms with Gasteiger partial charge in [0.25, 0.3) is 5.56 Å². The van der Waals surface area contributed by atoms with E-state index in [0.29, 0.717) is 11.1 Å². The van der Waals surface area contributed by atoms with Gasteiger partial charge in [-0.05, 0) is 49.4 Å². The third-order valence-electron chi connectivity index (χ3n) is 4.44. The molecule has 0 radical (unpaired) electrons. The second-order valence-corrected chi connectivity index (χ2v) is 5.95. The first-order chi connectivity index (χ1) is 11.2. The standard InChI is InChI=1S/C18H18N2O3/c1-20-15-8-4-2-6-12(15)10-13(17(20)21)11-22-18-19-14-7-3-5-9-16(14)23-18/h3,5,7,9-10H,2,4,6,8,11H2,1H3. The first-order valence-electron chi connectivity index (χ1n) is 7.91. The third kappa shape index (κ3) is 2.52. The van der Waals surface area contributed by atoms with E-state index in [-0.39, 0.29) is 18.2 Å². The van der Waals surface area contributed by atoms with Crippen LogP contribution in [0.1, 0.15) is 29.7 Å². The van der Waals surface area contributed by atoms with Gasteiger partial charge in [0, 0.05) is 12.7 Å². The molecule has 0 amide bonds. The Kier molecular flexibility index (Phi) is 3.41. The molecule has 2 aromatic heterocycles. The molecule has 0 aliphatic heterocycles. The zero-order chi connectivity index (χ0) is 15.8. The average Bonchev–Trinajstić information content (AvgIpc) is 3.00. The lowest BCUT2D eigenvalue weighted by atomic mass is 9.94. The molecule has 3 aromatic rings. The number of rotatable bonds is 3. The molecule has 2 heterocycles. The Morgan fingerprint density at radius 3 is 2.96 bits per heavy atom. The van der Waals surface area contributed by atoms with Crippen molar-refractivity contribution < 1.29 is 9.15 Å². The summed E-state index contributed by atoms with van der Waals surface area (Å²) >= 11 is 0. The predicted molar refractivity (Wildman–Crippen MR) is 86.7 cm³/mol. The molecule has 5 nitrogen and oxygen atoms in total. The van der Waals surface area contributed by atoms with Gasteiger partial charge in [0.15, 0.2) is 5.58 Å². The molecular weight excluding hydrogens is 292 g/mol. The molecule has 23 heavy (non-hydrogen) atoms. The van der Waals surface area contributed by atoms with E-state index in [9.17, 15) is 4.79 Å². The molecule has 5 heteroatoms. The molecule has 0 N–H and O–H groups in total. The van der Waals surface area contributed by atoms with Crippen LogP contribution < -0.4 is 10.3 Å². The molecule has 0 bridgehead atoms. The van der Waals surface area contributed by atoms with Gasteiger partial charge in [-0.1, -0.05) is 12.1 Å². The van der Waals surface area contributed by atoms with Crippen molar-refractivity contribution in [1.29, 1.82) is 0 Å². The van der Waals surface area contributed by atoms with Gasteiger partial charge >= 0.3 is 6.08 Å². The van der Waals surface area contributed by atoms with Gasteiger partial charge < -0.3 is 13.7 Å². The van der Waals surface area contributed by atoms with Crippen LogP contribution in [0.15, 0.2) is 39.5 Å². The quantitative estimate of drug-likeness (QED) is 0.746. The van der Waals surface area contributed by atoms with Gasteiger partial charge in [-0.3, -0.25) is 4.79 Å². The summed E-state index contributed by atoms with van der Waals surface area (Å²) in [6.45, 7) is 0.173. The van der Waals surface area contributed by atoms with Gasteiger partial charge in [-0.25, -0.2) is 0 Å². The van der Waals surface area contributed by atoms with Gasteiger partial charge in [-0.15, -0.1) is 0 Å². The lowest BCUT2D eigenvalue weighted by Crippen LogP contribution is -2.28. The van der Waals surface area contributed by atoms with Crippen LogP contribution in [0.25, 0.3) is 11.1 Å². The molecular formula is C18H18N2O3. The SMILES string of the molecule is Cn1c2c(cc(COc3nc4ccccc4o3)c1=O)CCCC2. The summed E-state index contributed by atoms with van der Waals surface area (Å²) in [6, 6.07) is 9.47.